The monoisotopic (exact) mass is 437 g/mol. The van der Waals surface area contributed by atoms with Crippen molar-refractivity contribution in [3.63, 3.8) is 0 Å². The molecule has 0 saturated heterocycles. The molecule has 1 amide bonds. The number of anilines is 1. The van der Waals surface area contributed by atoms with Crippen LogP contribution in [0.1, 0.15) is 42.9 Å². The molecule has 2 aromatic rings. The van der Waals surface area contributed by atoms with Crippen molar-refractivity contribution in [2.24, 2.45) is 0 Å². The van der Waals surface area contributed by atoms with Crippen LogP contribution in [0.2, 0.25) is 0 Å². The highest BCUT2D eigenvalue weighted by atomic mass is 32.1. The maximum atomic E-state index is 12.9. The number of thiophene rings is 1. The van der Waals surface area contributed by atoms with Gasteiger partial charge in [-0.1, -0.05) is 0 Å². The van der Waals surface area contributed by atoms with Crippen molar-refractivity contribution in [1.82, 2.24) is 0 Å². The molecule has 0 radical (unpaired) electrons. The van der Waals surface area contributed by atoms with Gasteiger partial charge in [-0.15, -0.1) is 11.3 Å². The number of amides is 1. The Morgan fingerprint density at radius 3 is 2.03 bits per heavy atom. The average Bonchev–Trinajstić information content (AvgIpc) is 3.07. The first-order valence-electron chi connectivity index (χ1n) is 8.82. The molecule has 0 spiro atoms. The molecule has 30 heavy (non-hydrogen) atoms. The Bertz CT molecular complexity index is 941. The van der Waals surface area contributed by atoms with E-state index in [0.717, 1.165) is 11.3 Å². The minimum absolute atomic E-state index is 0.100. The average molecular weight is 437 g/mol. The predicted octanol–water partition coefficient (Wildman–Crippen LogP) is 3.30. The van der Waals surface area contributed by atoms with E-state index in [9.17, 15) is 14.4 Å². The van der Waals surface area contributed by atoms with E-state index in [2.05, 4.69) is 5.32 Å². The van der Waals surface area contributed by atoms with Gasteiger partial charge in [0.1, 0.15) is 9.88 Å². The molecule has 1 aromatic heterocycles. The number of methoxy groups -OCH3 is 4. The first-order valence-corrected chi connectivity index (χ1v) is 9.64. The number of rotatable bonds is 8. The normalized spacial score (nSPS) is 10.2. The Morgan fingerprint density at radius 1 is 0.967 bits per heavy atom. The number of carbonyl (C=O) groups excluding carboxylic acids is 3. The third-order valence-electron chi connectivity index (χ3n) is 4.15. The molecule has 1 heterocycles. The molecule has 0 aliphatic carbocycles. The van der Waals surface area contributed by atoms with E-state index >= 15 is 0 Å². The highest BCUT2D eigenvalue weighted by Gasteiger charge is 2.28. The third-order valence-corrected chi connectivity index (χ3v) is 5.34. The van der Waals surface area contributed by atoms with Crippen LogP contribution in [0.3, 0.4) is 0 Å². The van der Waals surface area contributed by atoms with Crippen LogP contribution >= 0.6 is 11.3 Å². The summed E-state index contributed by atoms with van der Waals surface area (Å²) >= 11 is 0.929. The highest BCUT2D eigenvalue weighted by molar-refractivity contribution is 7.18. The molecule has 0 atom stereocenters. The number of hydrogen-bond acceptors (Lipinski definition) is 9. The molecule has 0 bridgehead atoms. The van der Waals surface area contributed by atoms with Crippen LogP contribution in [-0.4, -0.2) is 52.9 Å². The Balaban J connectivity index is 2.50. The van der Waals surface area contributed by atoms with Crippen LogP contribution in [0.5, 0.6) is 17.2 Å². The third kappa shape index (κ3) is 4.48. The predicted molar refractivity (Wildman–Crippen MR) is 110 cm³/mol. The molecule has 0 aliphatic rings. The zero-order valence-corrected chi connectivity index (χ0v) is 18.4. The van der Waals surface area contributed by atoms with Crippen LogP contribution in [0, 0.1) is 6.92 Å². The van der Waals surface area contributed by atoms with E-state index in [1.54, 1.807) is 13.8 Å². The van der Waals surface area contributed by atoms with Gasteiger partial charge in [0, 0.05) is 5.56 Å². The maximum absolute atomic E-state index is 12.9. The quantitative estimate of drug-likeness (QED) is 0.627. The van der Waals surface area contributed by atoms with Crippen molar-refractivity contribution in [1.29, 1.82) is 0 Å². The van der Waals surface area contributed by atoms with Crippen LogP contribution < -0.4 is 19.5 Å². The second kappa shape index (κ2) is 9.97. The minimum Gasteiger partial charge on any atom is -0.493 e. The highest BCUT2D eigenvalue weighted by Crippen LogP contribution is 2.39. The number of carbonyl (C=O) groups is 3. The molecule has 0 fully saturated rings. The van der Waals surface area contributed by atoms with E-state index in [0.29, 0.717) is 22.8 Å². The molecule has 9 nitrogen and oxygen atoms in total. The van der Waals surface area contributed by atoms with Crippen molar-refractivity contribution in [2.45, 2.75) is 13.8 Å². The van der Waals surface area contributed by atoms with Crippen LogP contribution in [0.4, 0.5) is 5.00 Å². The first-order chi connectivity index (χ1) is 14.3. The van der Waals surface area contributed by atoms with Crippen molar-refractivity contribution >= 4 is 34.2 Å². The SMILES string of the molecule is CCOC(=O)c1c(NC(=O)c2cc(OC)c(OC)c(OC)c2)sc(C(=O)OC)c1C. The molecule has 10 heteroatoms. The fourth-order valence-electron chi connectivity index (χ4n) is 2.73. The summed E-state index contributed by atoms with van der Waals surface area (Å²) in [5.41, 5.74) is 0.665. The summed E-state index contributed by atoms with van der Waals surface area (Å²) in [7, 11) is 5.56. The van der Waals surface area contributed by atoms with E-state index in [1.165, 1.54) is 40.6 Å². The summed E-state index contributed by atoms with van der Waals surface area (Å²) in [6.07, 6.45) is 0. The largest absolute Gasteiger partial charge is 0.493 e. The van der Waals surface area contributed by atoms with Gasteiger partial charge in [0.25, 0.3) is 5.91 Å². The summed E-state index contributed by atoms with van der Waals surface area (Å²) in [5, 5.41) is 2.84. The lowest BCUT2D eigenvalue weighted by atomic mass is 10.1. The Morgan fingerprint density at radius 2 is 1.57 bits per heavy atom. The van der Waals surface area contributed by atoms with Crippen LogP contribution in [0.25, 0.3) is 0 Å². The van der Waals surface area contributed by atoms with E-state index in [-0.39, 0.29) is 27.6 Å². The number of hydrogen-bond donors (Lipinski definition) is 1. The maximum Gasteiger partial charge on any atom is 0.348 e. The molecule has 0 saturated carbocycles. The summed E-state index contributed by atoms with van der Waals surface area (Å²) in [6.45, 7) is 3.39. The second-order valence-corrected chi connectivity index (χ2v) is 6.86. The lowest BCUT2D eigenvalue weighted by Gasteiger charge is -2.14. The summed E-state index contributed by atoms with van der Waals surface area (Å²) in [4.78, 5) is 37.6. The van der Waals surface area contributed by atoms with Gasteiger partial charge in [-0.2, -0.15) is 0 Å². The summed E-state index contributed by atoms with van der Waals surface area (Å²) < 4.78 is 25.6. The molecule has 162 valence electrons. The number of ether oxygens (including phenoxy) is 5. The molecule has 2 rings (SSSR count). The van der Waals surface area contributed by atoms with Gasteiger partial charge >= 0.3 is 11.9 Å². The molecule has 1 aromatic carbocycles. The number of esters is 2. The van der Waals surface area contributed by atoms with Crippen molar-refractivity contribution in [3.8, 4) is 17.2 Å². The topological polar surface area (TPSA) is 109 Å². The van der Waals surface area contributed by atoms with E-state index < -0.39 is 17.8 Å². The fraction of sp³-hybridized carbons (Fsp3) is 0.350. The van der Waals surface area contributed by atoms with Gasteiger partial charge in [-0.25, -0.2) is 9.59 Å². The van der Waals surface area contributed by atoms with Gasteiger partial charge in [-0.3, -0.25) is 4.79 Å². The number of benzene rings is 1. The van der Waals surface area contributed by atoms with Gasteiger partial charge < -0.3 is 29.0 Å². The van der Waals surface area contributed by atoms with Crippen molar-refractivity contribution < 1.29 is 38.1 Å². The molecule has 1 N–H and O–H groups in total. The molecule has 0 aliphatic heterocycles. The number of nitrogens with one attached hydrogen (secondary N) is 1. The van der Waals surface area contributed by atoms with E-state index in [4.69, 9.17) is 23.7 Å². The zero-order valence-electron chi connectivity index (χ0n) is 17.5. The van der Waals surface area contributed by atoms with Crippen LogP contribution in [-0.2, 0) is 9.47 Å². The lowest BCUT2D eigenvalue weighted by Crippen LogP contribution is -2.15. The fourth-order valence-corrected chi connectivity index (χ4v) is 3.83. The Kier molecular flexibility index (Phi) is 7.65. The minimum atomic E-state index is -0.651. The first kappa shape index (κ1) is 23.0. The molecular weight excluding hydrogens is 414 g/mol. The van der Waals surface area contributed by atoms with Crippen molar-refractivity contribution in [2.75, 3.05) is 40.4 Å². The zero-order chi connectivity index (χ0) is 22.4. The standard InChI is InChI=1S/C20H23NO8S/c1-7-29-19(23)14-10(2)16(20(24)28-6)30-18(14)21-17(22)11-8-12(25-3)15(27-5)13(9-11)26-4/h8-9H,7H2,1-6H3,(H,21,22). The summed E-state index contributed by atoms with van der Waals surface area (Å²) in [6, 6.07) is 2.95. The summed E-state index contributed by atoms with van der Waals surface area (Å²) in [5.74, 6) is -0.880. The molecular formula is C20H23NO8S. The molecule has 0 unspecified atom stereocenters. The van der Waals surface area contributed by atoms with Crippen LogP contribution in [0.15, 0.2) is 12.1 Å². The van der Waals surface area contributed by atoms with Gasteiger partial charge in [0.05, 0.1) is 40.6 Å². The van der Waals surface area contributed by atoms with E-state index in [1.807, 2.05) is 0 Å². The Labute approximate surface area is 177 Å². The Hall–Kier alpha value is -3.27. The lowest BCUT2D eigenvalue weighted by molar-refractivity contribution is 0.0527. The smallest absolute Gasteiger partial charge is 0.348 e. The van der Waals surface area contributed by atoms with Gasteiger partial charge in [0.2, 0.25) is 5.75 Å². The van der Waals surface area contributed by atoms with Crippen molar-refractivity contribution in [3.05, 3.63) is 33.7 Å². The van der Waals surface area contributed by atoms with Gasteiger partial charge in [-0.05, 0) is 31.5 Å². The van der Waals surface area contributed by atoms with Gasteiger partial charge in [0.15, 0.2) is 11.5 Å². The second-order valence-electron chi connectivity index (χ2n) is 5.84.